The Kier molecular flexibility index (Phi) is 3.96. The van der Waals surface area contributed by atoms with Gasteiger partial charge in [-0.3, -0.25) is 9.59 Å². The zero-order valence-electron chi connectivity index (χ0n) is 11.7. The second-order valence-electron chi connectivity index (χ2n) is 5.44. The molecule has 3 heterocycles. The number of piperidine rings is 1. The first-order chi connectivity index (χ1) is 10.1. The maximum atomic E-state index is 12.2. The van der Waals surface area contributed by atoms with Crippen LogP contribution in [0.4, 0.5) is 10.9 Å². The van der Waals surface area contributed by atoms with E-state index in [0.717, 1.165) is 31.1 Å². The van der Waals surface area contributed by atoms with Crippen LogP contribution in [-0.2, 0) is 4.79 Å². The minimum absolute atomic E-state index is 0.0356. The predicted molar refractivity (Wildman–Crippen MR) is 81.5 cm³/mol. The van der Waals surface area contributed by atoms with Crippen molar-refractivity contribution >= 4 is 34.1 Å². The zero-order chi connectivity index (χ0) is 14.8. The van der Waals surface area contributed by atoms with Crippen LogP contribution in [0.5, 0.6) is 0 Å². The summed E-state index contributed by atoms with van der Waals surface area (Å²) in [4.78, 5) is 30.3. The van der Waals surface area contributed by atoms with E-state index in [1.54, 1.807) is 0 Å². The Morgan fingerprint density at radius 1 is 1.38 bits per heavy atom. The lowest BCUT2D eigenvalue weighted by Gasteiger charge is -2.25. The lowest BCUT2D eigenvalue weighted by Crippen LogP contribution is -2.36. The normalized spacial score (nSPS) is 22.2. The van der Waals surface area contributed by atoms with E-state index in [1.165, 1.54) is 17.8 Å². The number of rotatable bonds is 3. The fourth-order valence-electron chi connectivity index (χ4n) is 2.66. The molecule has 114 valence electrons. The summed E-state index contributed by atoms with van der Waals surface area (Å²) in [5.74, 6) is -0.00306. The standard InChI is InChI=1S/C13H19N5O2S/c14-11-10(12(20)16-8-6-9(19)15-7-8)21-13(17-11)18-4-2-1-3-5-18/h8H,1-7,14H2,(H,15,19)(H,16,20). The molecule has 0 saturated carbocycles. The van der Waals surface area contributed by atoms with Gasteiger partial charge < -0.3 is 21.3 Å². The van der Waals surface area contributed by atoms with Crippen molar-refractivity contribution in [1.82, 2.24) is 15.6 Å². The number of thiazole rings is 1. The van der Waals surface area contributed by atoms with Crippen LogP contribution in [0.3, 0.4) is 0 Å². The molecule has 2 saturated heterocycles. The van der Waals surface area contributed by atoms with E-state index >= 15 is 0 Å². The summed E-state index contributed by atoms with van der Waals surface area (Å²) in [6, 6.07) is -0.162. The average molecular weight is 309 g/mol. The Balaban J connectivity index is 1.68. The summed E-state index contributed by atoms with van der Waals surface area (Å²) >= 11 is 1.33. The van der Waals surface area contributed by atoms with Gasteiger partial charge in [0.05, 0.1) is 6.04 Å². The highest BCUT2D eigenvalue weighted by Gasteiger charge is 2.26. The van der Waals surface area contributed by atoms with Crippen molar-refractivity contribution in [3.05, 3.63) is 4.88 Å². The Hall–Kier alpha value is -1.83. The van der Waals surface area contributed by atoms with Crippen molar-refractivity contribution in [3.8, 4) is 0 Å². The summed E-state index contributed by atoms with van der Waals surface area (Å²) in [7, 11) is 0. The molecule has 8 heteroatoms. The van der Waals surface area contributed by atoms with Crippen molar-refractivity contribution in [3.63, 3.8) is 0 Å². The number of nitrogens with one attached hydrogen (secondary N) is 2. The van der Waals surface area contributed by atoms with Gasteiger partial charge in [0.2, 0.25) is 5.91 Å². The number of aromatic nitrogens is 1. The van der Waals surface area contributed by atoms with Gasteiger partial charge in [0.15, 0.2) is 5.13 Å². The summed E-state index contributed by atoms with van der Waals surface area (Å²) in [6.45, 7) is 2.41. The van der Waals surface area contributed by atoms with E-state index in [2.05, 4.69) is 20.5 Å². The minimum atomic E-state index is -0.241. The number of carbonyl (C=O) groups is 2. The van der Waals surface area contributed by atoms with E-state index in [0.29, 0.717) is 17.8 Å². The molecular formula is C13H19N5O2S. The predicted octanol–water partition coefficient (Wildman–Crippen LogP) is 0.334. The monoisotopic (exact) mass is 309 g/mol. The first-order valence-corrected chi connectivity index (χ1v) is 8.04. The largest absolute Gasteiger partial charge is 0.382 e. The van der Waals surface area contributed by atoms with Crippen LogP contribution in [0.25, 0.3) is 0 Å². The average Bonchev–Trinajstić information content (AvgIpc) is 3.06. The Morgan fingerprint density at radius 3 is 2.81 bits per heavy atom. The molecule has 2 fully saturated rings. The molecular weight excluding hydrogens is 290 g/mol. The quantitative estimate of drug-likeness (QED) is 0.747. The second kappa shape index (κ2) is 5.88. The summed E-state index contributed by atoms with van der Waals surface area (Å²) < 4.78 is 0. The molecule has 7 nitrogen and oxygen atoms in total. The van der Waals surface area contributed by atoms with Crippen molar-refractivity contribution < 1.29 is 9.59 Å². The van der Waals surface area contributed by atoms with Crippen LogP contribution >= 0.6 is 11.3 Å². The van der Waals surface area contributed by atoms with E-state index in [-0.39, 0.29) is 23.7 Å². The molecule has 0 aromatic carbocycles. The van der Waals surface area contributed by atoms with E-state index in [9.17, 15) is 9.59 Å². The molecule has 0 aliphatic carbocycles. The number of hydrogen-bond donors (Lipinski definition) is 3. The van der Waals surface area contributed by atoms with Gasteiger partial charge in [0.1, 0.15) is 10.7 Å². The highest BCUT2D eigenvalue weighted by Crippen LogP contribution is 2.30. The van der Waals surface area contributed by atoms with Crippen LogP contribution in [0.1, 0.15) is 35.4 Å². The van der Waals surface area contributed by atoms with Crippen molar-refractivity contribution in [2.75, 3.05) is 30.3 Å². The molecule has 1 aromatic heterocycles. The number of nitrogens with two attached hydrogens (primary N) is 1. The summed E-state index contributed by atoms with van der Waals surface area (Å²) in [6.07, 6.45) is 3.87. The summed E-state index contributed by atoms with van der Waals surface area (Å²) in [5, 5.41) is 6.34. The molecule has 3 rings (SSSR count). The van der Waals surface area contributed by atoms with Crippen LogP contribution in [0, 0.1) is 0 Å². The highest BCUT2D eigenvalue weighted by atomic mass is 32.1. The third kappa shape index (κ3) is 3.10. The fourth-order valence-corrected chi connectivity index (χ4v) is 3.60. The number of hydrogen-bond acceptors (Lipinski definition) is 6. The molecule has 4 N–H and O–H groups in total. The smallest absolute Gasteiger partial charge is 0.265 e. The third-order valence-corrected chi connectivity index (χ3v) is 4.92. The molecule has 0 radical (unpaired) electrons. The molecule has 0 bridgehead atoms. The van der Waals surface area contributed by atoms with Gasteiger partial charge in [-0.05, 0) is 19.3 Å². The fraction of sp³-hybridized carbons (Fsp3) is 0.615. The lowest BCUT2D eigenvalue weighted by molar-refractivity contribution is -0.119. The second-order valence-corrected chi connectivity index (χ2v) is 6.41. The number of anilines is 2. The van der Waals surface area contributed by atoms with Crippen molar-refractivity contribution in [1.29, 1.82) is 0 Å². The van der Waals surface area contributed by atoms with E-state index < -0.39 is 0 Å². The van der Waals surface area contributed by atoms with Crippen LogP contribution in [0.15, 0.2) is 0 Å². The van der Waals surface area contributed by atoms with Gasteiger partial charge in [-0.25, -0.2) is 4.98 Å². The van der Waals surface area contributed by atoms with Gasteiger partial charge in [0, 0.05) is 26.1 Å². The Morgan fingerprint density at radius 2 is 2.14 bits per heavy atom. The van der Waals surface area contributed by atoms with Gasteiger partial charge in [-0.1, -0.05) is 11.3 Å². The van der Waals surface area contributed by atoms with Gasteiger partial charge in [-0.15, -0.1) is 0 Å². The number of amides is 2. The van der Waals surface area contributed by atoms with Crippen LogP contribution in [-0.4, -0.2) is 42.5 Å². The van der Waals surface area contributed by atoms with Gasteiger partial charge in [-0.2, -0.15) is 0 Å². The number of nitrogens with zero attached hydrogens (tertiary/aromatic N) is 2. The highest BCUT2D eigenvalue weighted by molar-refractivity contribution is 7.18. The topological polar surface area (TPSA) is 100 Å². The minimum Gasteiger partial charge on any atom is -0.382 e. The maximum Gasteiger partial charge on any atom is 0.265 e. The maximum absolute atomic E-state index is 12.2. The van der Waals surface area contributed by atoms with E-state index in [1.807, 2.05) is 0 Å². The van der Waals surface area contributed by atoms with Crippen LogP contribution < -0.4 is 21.3 Å². The van der Waals surface area contributed by atoms with Crippen LogP contribution in [0.2, 0.25) is 0 Å². The number of carbonyl (C=O) groups excluding carboxylic acids is 2. The van der Waals surface area contributed by atoms with Crippen molar-refractivity contribution in [2.24, 2.45) is 0 Å². The molecule has 21 heavy (non-hydrogen) atoms. The molecule has 0 spiro atoms. The SMILES string of the molecule is Nc1nc(N2CCCCC2)sc1C(=O)NC1CNC(=O)C1. The van der Waals surface area contributed by atoms with E-state index in [4.69, 9.17) is 5.73 Å². The molecule has 2 aliphatic heterocycles. The van der Waals surface area contributed by atoms with Gasteiger partial charge >= 0.3 is 0 Å². The number of nitrogen functional groups attached to an aromatic ring is 1. The van der Waals surface area contributed by atoms with Crippen molar-refractivity contribution in [2.45, 2.75) is 31.7 Å². The Labute approximate surface area is 126 Å². The molecule has 1 aromatic rings. The lowest BCUT2D eigenvalue weighted by atomic mass is 10.1. The molecule has 1 atom stereocenters. The molecule has 2 aliphatic rings. The third-order valence-electron chi connectivity index (χ3n) is 3.79. The molecule has 1 unspecified atom stereocenters. The van der Waals surface area contributed by atoms with Gasteiger partial charge in [0.25, 0.3) is 5.91 Å². The molecule has 2 amide bonds. The zero-order valence-corrected chi connectivity index (χ0v) is 12.5. The first-order valence-electron chi connectivity index (χ1n) is 7.22. The first kappa shape index (κ1) is 14.1. The summed E-state index contributed by atoms with van der Waals surface area (Å²) in [5.41, 5.74) is 5.88. The Bertz CT molecular complexity index is 553.